The van der Waals surface area contributed by atoms with E-state index < -0.39 is 10.4 Å². The highest BCUT2D eigenvalue weighted by atomic mass is 32.3. The number of hydrogen-bond donors (Lipinski definition) is 4. The Labute approximate surface area is 148 Å². The van der Waals surface area contributed by atoms with E-state index in [-0.39, 0.29) is 11.9 Å². The van der Waals surface area contributed by atoms with Gasteiger partial charge < -0.3 is 40.2 Å². The number of nitrogens with zero attached hydrogens (tertiary/aromatic N) is 4. The summed E-state index contributed by atoms with van der Waals surface area (Å²) in [6.07, 6.45) is 0. The van der Waals surface area contributed by atoms with E-state index in [1.165, 1.54) is 0 Å². The molecule has 2 saturated heterocycles. The van der Waals surface area contributed by atoms with Crippen molar-refractivity contribution in [2.24, 2.45) is 11.5 Å². The van der Waals surface area contributed by atoms with Gasteiger partial charge in [-0.2, -0.15) is 0 Å². The minimum atomic E-state index is -5.17. The van der Waals surface area contributed by atoms with Gasteiger partial charge in [-0.25, -0.2) is 0 Å². The molecule has 0 aromatic carbocycles. The van der Waals surface area contributed by atoms with Crippen molar-refractivity contribution in [3.63, 3.8) is 0 Å². The highest BCUT2D eigenvalue weighted by molar-refractivity contribution is 7.79. The Kier molecular flexibility index (Phi) is 10.3. The molecule has 12 nitrogen and oxygen atoms in total. The van der Waals surface area contributed by atoms with Crippen molar-refractivity contribution in [1.82, 2.24) is 19.6 Å². The molecular weight excluding hydrogens is 352 g/mol. The molecule has 2 heterocycles. The van der Waals surface area contributed by atoms with Gasteiger partial charge >= 0.3 is 0 Å². The second-order valence-electron chi connectivity index (χ2n) is 5.76. The van der Waals surface area contributed by atoms with E-state index in [9.17, 15) is 0 Å². The molecule has 0 aromatic heterocycles. The maximum absolute atomic E-state index is 8.52. The average Bonchev–Trinajstić information content (AvgIpc) is 2.47. The molecule has 148 valence electrons. The molecule has 2 aliphatic rings. The lowest BCUT2D eigenvalue weighted by atomic mass is 10.3. The molecule has 0 unspecified atom stereocenters. The Balaban J connectivity index is 0.000000368. The molecular formula is C12H28N8O4S-2. The van der Waals surface area contributed by atoms with E-state index in [2.05, 4.69) is 23.9 Å². The summed E-state index contributed by atoms with van der Waals surface area (Å²) in [6.45, 7) is 7.63. The highest BCUT2D eigenvalue weighted by Gasteiger charge is 2.14. The van der Waals surface area contributed by atoms with Crippen LogP contribution in [0.4, 0.5) is 0 Å². The fourth-order valence-corrected chi connectivity index (χ4v) is 2.09. The molecule has 0 amide bonds. The van der Waals surface area contributed by atoms with Gasteiger partial charge in [0.15, 0.2) is 11.9 Å². The van der Waals surface area contributed by atoms with E-state index in [1.54, 1.807) is 0 Å². The van der Waals surface area contributed by atoms with E-state index in [0.29, 0.717) is 0 Å². The topological polar surface area (TPSA) is 193 Å². The van der Waals surface area contributed by atoms with Crippen LogP contribution in [0.1, 0.15) is 0 Å². The lowest BCUT2D eigenvalue weighted by Gasteiger charge is -2.32. The molecule has 0 aliphatic carbocycles. The Morgan fingerprint density at radius 1 is 0.760 bits per heavy atom. The lowest BCUT2D eigenvalue weighted by molar-refractivity contribution is 0.213. The molecule has 0 aromatic rings. The number of nitrogens with one attached hydrogen (secondary N) is 2. The van der Waals surface area contributed by atoms with Gasteiger partial charge in [0.25, 0.3) is 0 Å². The molecule has 2 aliphatic heterocycles. The van der Waals surface area contributed by atoms with Gasteiger partial charge in [0.1, 0.15) is 0 Å². The van der Waals surface area contributed by atoms with Crippen LogP contribution in [0.25, 0.3) is 0 Å². The molecule has 13 heteroatoms. The molecule has 2 rings (SSSR count). The predicted molar refractivity (Wildman–Crippen MR) is 92.4 cm³/mol. The molecule has 2 fully saturated rings. The summed E-state index contributed by atoms with van der Waals surface area (Å²) in [5.41, 5.74) is 10.6. The molecule has 0 saturated carbocycles. The zero-order valence-electron chi connectivity index (χ0n) is 14.6. The molecule has 0 spiro atoms. The zero-order valence-corrected chi connectivity index (χ0v) is 15.5. The maximum Gasteiger partial charge on any atom is 0.188 e. The first-order valence-corrected chi connectivity index (χ1v) is 8.95. The van der Waals surface area contributed by atoms with Crippen LogP contribution in [0, 0.1) is 10.8 Å². The normalized spacial score (nSPS) is 19.2. The summed E-state index contributed by atoms with van der Waals surface area (Å²) in [4.78, 5) is 8.25. The van der Waals surface area contributed by atoms with Crippen LogP contribution in [-0.4, -0.2) is 115 Å². The molecule has 0 bridgehead atoms. The summed E-state index contributed by atoms with van der Waals surface area (Å²) in [7, 11) is -1.01. The minimum absolute atomic E-state index is 0.202. The maximum atomic E-state index is 8.52. The van der Waals surface area contributed by atoms with Crippen LogP contribution in [0.5, 0.6) is 0 Å². The minimum Gasteiger partial charge on any atom is -0.759 e. The fraction of sp³-hybridized carbons (Fsp3) is 0.833. The Hall–Kier alpha value is -1.67. The summed E-state index contributed by atoms with van der Waals surface area (Å²) in [5, 5.41) is 14.3. The van der Waals surface area contributed by atoms with Crippen molar-refractivity contribution in [2.75, 3.05) is 66.5 Å². The van der Waals surface area contributed by atoms with Crippen LogP contribution < -0.4 is 11.5 Å². The Bertz CT molecular complexity index is 473. The average molecular weight is 380 g/mol. The highest BCUT2D eigenvalue weighted by Crippen LogP contribution is 1.97. The van der Waals surface area contributed by atoms with Crippen molar-refractivity contribution in [2.45, 2.75) is 0 Å². The number of hydrogen-bond acceptors (Lipinski definition) is 8. The van der Waals surface area contributed by atoms with Gasteiger partial charge in [-0.05, 0) is 14.1 Å². The standard InChI is InChI=1S/2C6H14N4.H2O4S/c2*1-9-2-4-10(5-3-9)6(7)8;1-5(2,3)4/h2*2-5H2,1H3,(H3,7,8);(H2,1,2,3,4)/p-2. The molecule has 6 N–H and O–H groups in total. The van der Waals surface area contributed by atoms with Crippen molar-refractivity contribution in [3.05, 3.63) is 0 Å². The number of nitrogens with two attached hydrogens (primary N) is 2. The SMILES string of the molecule is CN1CCN(C(=N)N)CC1.CN1CCN(C(=N)N)CC1.O=S(=O)([O-])[O-]. The van der Waals surface area contributed by atoms with Gasteiger partial charge in [0.2, 0.25) is 0 Å². The van der Waals surface area contributed by atoms with Crippen molar-refractivity contribution in [1.29, 1.82) is 10.8 Å². The van der Waals surface area contributed by atoms with E-state index >= 15 is 0 Å². The van der Waals surface area contributed by atoms with E-state index in [4.69, 9.17) is 39.8 Å². The van der Waals surface area contributed by atoms with E-state index in [0.717, 1.165) is 52.4 Å². The summed E-state index contributed by atoms with van der Waals surface area (Å²) in [6, 6.07) is 0. The smallest absolute Gasteiger partial charge is 0.188 e. The quantitative estimate of drug-likeness (QED) is 0.145. The number of likely N-dealkylation sites (N-methyl/N-ethyl adjacent to an activating group) is 2. The third-order valence-electron chi connectivity index (χ3n) is 3.69. The first-order chi connectivity index (χ1) is 11.4. The van der Waals surface area contributed by atoms with Crippen LogP contribution in [-0.2, 0) is 10.4 Å². The number of rotatable bonds is 0. The fourth-order valence-electron chi connectivity index (χ4n) is 2.09. The second kappa shape index (κ2) is 11.0. The Morgan fingerprint density at radius 2 is 0.960 bits per heavy atom. The van der Waals surface area contributed by atoms with Crippen LogP contribution in [0.15, 0.2) is 0 Å². The van der Waals surface area contributed by atoms with E-state index in [1.807, 2.05) is 9.80 Å². The van der Waals surface area contributed by atoms with Gasteiger partial charge in [-0.3, -0.25) is 19.2 Å². The van der Waals surface area contributed by atoms with Crippen molar-refractivity contribution in [3.8, 4) is 0 Å². The van der Waals surface area contributed by atoms with Gasteiger partial charge in [-0.15, -0.1) is 0 Å². The van der Waals surface area contributed by atoms with Crippen molar-refractivity contribution >= 4 is 22.3 Å². The first kappa shape index (κ1) is 23.3. The first-order valence-electron chi connectivity index (χ1n) is 7.62. The summed E-state index contributed by atoms with van der Waals surface area (Å²) in [5.74, 6) is 0.404. The van der Waals surface area contributed by atoms with Crippen molar-refractivity contribution < 1.29 is 17.5 Å². The predicted octanol–water partition coefficient (Wildman–Crippen LogP) is -3.08. The monoisotopic (exact) mass is 380 g/mol. The van der Waals surface area contributed by atoms with Gasteiger partial charge in [-0.1, -0.05) is 0 Å². The number of piperazine rings is 2. The second-order valence-corrected chi connectivity index (χ2v) is 6.58. The van der Waals surface area contributed by atoms with Gasteiger partial charge in [0, 0.05) is 62.8 Å². The van der Waals surface area contributed by atoms with Crippen LogP contribution in [0.3, 0.4) is 0 Å². The summed E-state index contributed by atoms with van der Waals surface area (Å²) >= 11 is 0. The van der Waals surface area contributed by atoms with Crippen LogP contribution in [0.2, 0.25) is 0 Å². The zero-order chi connectivity index (χ0) is 19.6. The molecule has 0 atom stereocenters. The molecule has 0 radical (unpaired) electrons. The molecule has 25 heavy (non-hydrogen) atoms. The third-order valence-corrected chi connectivity index (χ3v) is 3.69. The number of guanidine groups is 2. The van der Waals surface area contributed by atoms with Crippen LogP contribution >= 0.6 is 0 Å². The lowest BCUT2D eigenvalue weighted by Crippen LogP contribution is -2.49. The van der Waals surface area contributed by atoms with Gasteiger partial charge in [0.05, 0.1) is 0 Å². The Morgan fingerprint density at radius 3 is 1.12 bits per heavy atom. The largest absolute Gasteiger partial charge is 0.759 e. The third kappa shape index (κ3) is 13.3. The summed E-state index contributed by atoms with van der Waals surface area (Å²) < 4.78 is 34.1.